The van der Waals surface area contributed by atoms with Gasteiger partial charge in [0.15, 0.2) is 0 Å². The summed E-state index contributed by atoms with van der Waals surface area (Å²) in [6.45, 7) is 0. The molecule has 1 aromatic rings. The second-order valence-corrected chi connectivity index (χ2v) is 3.02. The van der Waals surface area contributed by atoms with Crippen molar-refractivity contribution in [1.29, 1.82) is 0 Å². The van der Waals surface area contributed by atoms with Crippen LogP contribution in [-0.2, 0) is 0 Å². The summed E-state index contributed by atoms with van der Waals surface area (Å²) in [5, 5.41) is 0.448. The van der Waals surface area contributed by atoms with Gasteiger partial charge in [0.05, 0.1) is 0 Å². The van der Waals surface area contributed by atoms with E-state index in [0.717, 1.165) is 4.90 Å². The molecule has 0 amide bonds. The maximum absolute atomic E-state index is 5.62. The van der Waals surface area contributed by atoms with Crippen molar-refractivity contribution in [2.75, 3.05) is 12.0 Å². The Kier molecular flexibility index (Phi) is 2.40. The van der Waals surface area contributed by atoms with Crippen molar-refractivity contribution in [3.63, 3.8) is 0 Å². The monoisotopic (exact) mass is 174 g/mol. The second-order valence-electron chi connectivity index (χ2n) is 1.75. The molecule has 0 fully saturated rings. The Bertz CT molecular complexity index is 219. The van der Waals surface area contributed by atoms with Crippen LogP contribution in [0.3, 0.4) is 0 Å². The molecule has 1 rings (SSSR count). The molecule has 0 atom stereocenters. The van der Waals surface area contributed by atoms with Crippen molar-refractivity contribution in [2.24, 2.45) is 0 Å². The van der Waals surface area contributed by atoms with Crippen LogP contribution in [0.25, 0.3) is 0 Å². The second kappa shape index (κ2) is 3.12. The number of pyridine rings is 1. The molecule has 2 N–H and O–H groups in total. The molecular weight excluding hydrogens is 168 g/mol. The van der Waals surface area contributed by atoms with Crippen LogP contribution in [0.1, 0.15) is 0 Å². The van der Waals surface area contributed by atoms with Gasteiger partial charge in [-0.05, 0) is 18.4 Å². The van der Waals surface area contributed by atoms with Crippen molar-refractivity contribution < 1.29 is 0 Å². The summed E-state index contributed by atoms with van der Waals surface area (Å²) in [6, 6.07) is 3.57. The molecule has 0 spiro atoms. The first-order valence-corrected chi connectivity index (χ1v) is 4.29. The number of nitrogen functional groups attached to an aromatic ring is 1. The quantitative estimate of drug-likeness (QED) is 0.523. The molecule has 2 nitrogen and oxygen atoms in total. The molecule has 0 aromatic carbocycles. The zero-order chi connectivity index (χ0) is 7.56. The molecule has 1 aromatic heterocycles. The number of nitrogens with two attached hydrogens (primary N) is 1. The van der Waals surface area contributed by atoms with Gasteiger partial charge in [-0.1, -0.05) is 11.6 Å². The number of rotatable bonds is 1. The summed E-state index contributed by atoms with van der Waals surface area (Å²) >= 11 is 7.22. The van der Waals surface area contributed by atoms with E-state index in [2.05, 4.69) is 4.98 Å². The third-order valence-corrected chi connectivity index (χ3v) is 1.92. The lowest BCUT2D eigenvalue weighted by Gasteiger charge is -1.97. The van der Waals surface area contributed by atoms with Gasteiger partial charge in [0, 0.05) is 4.90 Å². The summed E-state index contributed by atoms with van der Waals surface area (Å²) in [6.07, 6.45) is 1.96. The Morgan fingerprint density at radius 1 is 1.60 bits per heavy atom. The van der Waals surface area contributed by atoms with Crippen LogP contribution in [0.5, 0.6) is 0 Å². The largest absolute Gasteiger partial charge is 0.384 e. The number of anilines is 1. The fourth-order valence-electron chi connectivity index (χ4n) is 0.611. The third-order valence-electron chi connectivity index (χ3n) is 1.02. The normalized spacial score (nSPS) is 9.80. The van der Waals surface area contributed by atoms with E-state index in [-0.39, 0.29) is 0 Å². The molecular formula is C6H7ClN2S. The van der Waals surface area contributed by atoms with E-state index in [1.54, 1.807) is 23.9 Å². The number of hydrogen-bond acceptors (Lipinski definition) is 3. The number of thioether (sulfide) groups is 1. The summed E-state index contributed by atoms with van der Waals surface area (Å²) in [5.41, 5.74) is 5.43. The fourth-order valence-corrected chi connectivity index (χ4v) is 1.36. The molecule has 10 heavy (non-hydrogen) atoms. The van der Waals surface area contributed by atoms with Gasteiger partial charge in [-0.25, -0.2) is 4.98 Å². The lowest BCUT2D eigenvalue weighted by atomic mass is 10.5. The highest BCUT2D eigenvalue weighted by Gasteiger charge is 1.95. The Morgan fingerprint density at radius 3 is 2.80 bits per heavy atom. The first-order chi connectivity index (χ1) is 4.72. The molecule has 0 radical (unpaired) electrons. The maximum Gasteiger partial charge on any atom is 0.132 e. The molecule has 0 saturated carbocycles. The topological polar surface area (TPSA) is 38.9 Å². The van der Waals surface area contributed by atoms with Crippen LogP contribution >= 0.6 is 23.4 Å². The van der Waals surface area contributed by atoms with Gasteiger partial charge in [-0.3, -0.25) is 0 Å². The standard InChI is InChI=1S/C6H7ClN2S/c1-10-4-2-5(7)9-6(8)3-4/h2-3H,1H3,(H2,8,9). The van der Waals surface area contributed by atoms with Gasteiger partial charge in [-0.2, -0.15) is 0 Å². The van der Waals surface area contributed by atoms with Crippen LogP contribution in [0.2, 0.25) is 5.15 Å². The molecule has 54 valence electrons. The highest BCUT2D eigenvalue weighted by molar-refractivity contribution is 7.98. The minimum atomic E-state index is 0.448. The molecule has 1 heterocycles. The van der Waals surface area contributed by atoms with Crippen molar-refractivity contribution in [3.05, 3.63) is 17.3 Å². The number of halogens is 1. The fraction of sp³-hybridized carbons (Fsp3) is 0.167. The van der Waals surface area contributed by atoms with E-state index in [1.807, 2.05) is 6.26 Å². The Balaban J connectivity index is 3.06. The minimum Gasteiger partial charge on any atom is -0.384 e. The van der Waals surface area contributed by atoms with Gasteiger partial charge in [0.1, 0.15) is 11.0 Å². The Hall–Kier alpha value is -0.410. The van der Waals surface area contributed by atoms with Crippen LogP contribution in [0.4, 0.5) is 5.82 Å². The zero-order valence-corrected chi connectivity index (χ0v) is 7.04. The van der Waals surface area contributed by atoms with Crippen molar-refractivity contribution in [1.82, 2.24) is 4.98 Å². The van der Waals surface area contributed by atoms with Crippen LogP contribution in [-0.4, -0.2) is 11.2 Å². The van der Waals surface area contributed by atoms with E-state index in [9.17, 15) is 0 Å². The predicted molar refractivity (Wildman–Crippen MR) is 45.4 cm³/mol. The smallest absolute Gasteiger partial charge is 0.132 e. The van der Waals surface area contributed by atoms with Crippen molar-refractivity contribution in [3.8, 4) is 0 Å². The molecule has 0 aliphatic heterocycles. The van der Waals surface area contributed by atoms with E-state index in [0.29, 0.717) is 11.0 Å². The highest BCUT2D eigenvalue weighted by Crippen LogP contribution is 2.19. The van der Waals surface area contributed by atoms with Crippen LogP contribution < -0.4 is 5.73 Å². The zero-order valence-electron chi connectivity index (χ0n) is 5.47. The van der Waals surface area contributed by atoms with E-state index in [4.69, 9.17) is 17.3 Å². The van der Waals surface area contributed by atoms with E-state index >= 15 is 0 Å². The number of nitrogens with zero attached hydrogens (tertiary/aromatic N) is 1. The molecule has 0 saturated heterocycles. The van der Waals surface area contributed by atoms with Gasteiger partial charge in [-0.15, -0.1) is 11.8 Å². The van der Waals surface area contributed by atoms with Gasteiger partial charge in [0.25, 0.3) is 0 Å². The first kappa shape index (κ1) is 7.69. The molecule has 0 bridgehead atoms. The maximum atomic E-state index is 5.62. The average molecular weight is 175 g/mol. The van der Waals surface area contributed by atoms with Gasteiger partial charge in [0.2, 0.25) is 0 Å². The predicted octanol–water partition coefficient (Wildman–Crippen LogP) is 2.04. The summed E-state index contributed by atoms with van der Waals surface area (Å²) in [4.78, 5) is 4.85. The Labute approximate surface area is 68.8 Å². The summed E-state index contributed by atoms with van der Waals surface area (Å²) in [7, 11) is 0. The lowest BCUT2D eigenvalue weighted by molar-refractivity contribution is 1.27. The van der Waals surface area contributed by atoms with Gasteiger partial charge < -0.3 is 5.73 Å². The average Bonchev–Trinajstić information content (AvgIpc) is 1.85. The van der Waals surface area contributed by atoms with E-state index < -0.39 is 0 Å². The minimum absolute atomic E-state index is 0.448. The highest BCUT2D eigenvalue weighted by atomic mass is 35.5. The third kappa shape index (κ3) is 1.78. The van der Waals surface area contributed by atoms with Crippen LogP contribution in [0, 0.1) is 0 Å². The molecule has 0 aliphatic rings. The van der Waals surface area contributed by atoms with Crippen LogP contribution in [0.15, 0.2) is 17.0 Å². The molecule has 0 aliphatic carbocycles. The molecule has 4 heteroatoms. The summed E-state index contributed by atoms with van der Waals surface area (Å²) in [5.74, 6) is 0.469. The van der Waals surface area contributed by atoms with Gasteiger partial charge >= 0.3 is 0 Å². The van der Waals surface area contributed by atoms with Crippen molar-refractivity contribution in [2.45, 2.75) is 4.90 Å². The summed E-state index contributed by atoms with van der Waals surface area (Å²) < 4.78 is 0. The number of hydrogen-bond donors (Lipinski definition) is 1. The number of aromatic nitrogens is 1. The van der Waals surface area contributed by atoms with Crippen molar-refractivity contribution >= 4 is 29.2 Å². The Morgan fingerprint density at radius 2 is 2.30 bits per heavy atom. The lowest BCUT2D eigenvalue weighted by Crippen LogP contribution is -1.89. The SMILES string of the molecule is CSc1cc(N)nc(Cl)c1. The molecule has 0 unspecified atom stereocenters. The van der Waals surface area contributed by atoms with E-state index in [1.165, 1.54) is 0 Å². The first-order valence-electron chi connectivity index (χ1n) is 2.69.